The van der Waals surface area contributed by atoms with E-state index in [9.17, 15) is 22.8 Å². The molecule has 1 heterocycles. The first-order valence-electron chi connectivity index (χ1n) is 6.57. The highest BCUT2D eigenvalue weighted by atomic mass is 35.5. The second kappa shape index (κ2) is 6.20. The molecule has 1 aromatic carbocycles. The minimum absolute atomic E-state index is 0.105. The van der Waals surface area contributed by atoms with Crippen LogP contribution >= 0.6 is 11.6 Å². The molecular weight excluding hydrogens is 333 g/mol. The average molecular weight is 345 g/mol. The minimum Gasteiger partial charge on any atom is -0.472 e. The van der Waals surface area contributed by atoms with Crippen LogP contribution in [-0.4, -0.2) is 11.6 Å². The molecule has 0 aliphatic carbocycles. The summed E-state index contributed by atoms with van der Waals surface area (Å²) in [6.07, 6.45) is -2.36. The minimum atomic E-state index is -4.64. The Balaban J connectivity index is 2.62. The van der Waals surface area contributed by atoms with Gasteiger partial charge in [-0.3, -0.25) is 9.59 Å². The fourth-order valence-corrected chi connectivity index (χ4v) is 2.58. The number of benzene rings is 1. The molecule has 0 bridgehead atoms. The summed E-state index contributed by atoms with van der Waals surface area (Å²) in [5, 5.41) is -0.449. The molecule has 3 nitrogen and oxygen atoms in total. The van der Waals surface area contributed by atoms with Crippen LogP contribution in [0, 0.1) is 0 Å². The zero-order valence-corrected chi connectivity index (χ0v) is 13.0. The Morgan fingerprint density at radius 1 is 1.09 bits per heavy atom. The Bertz CT molecular complexity index is 703. The Labute approximate surface area is 135 Å². The normalized spacial score (nSPS) is 15.6. The van der Waals surface area contributed by atoms with Crippen molar-refractivity contribution >= 4 is 23.2 Å². The van der Waals surface area contributed by atoms with Crippen molar-refractivity contribution in [2.45, 2.75) is 25.9 Å². The smallest absolute Gasteiger partial charge is 0.417 e. The van der Waals surface area contributed by atoms with Gasteiger partial charge in [0.1, 0.15) is 0 Å². The van der Waals surface area contributed by atoms with Crippen LogP contribution in [0.5, 0.6) is 0 Å². The van der Waals surface area contributed by atoms with Crippen molar-refractivity contribution in [1.29, 1.82) is 0 Å². The van der Waals surface area contributed by atoms with Crippen molar-refractivity contribution in [2.24, 2.45) is 0 Å². The van der Waals surface area contributed by atoms with E-state index in [2.05, 4.69) is 0 Å². The molecule has 0 atom stereocenters. The van der Waals surface area contributed by atoms with E-state index in [0.717, 1.165) is 24.7 Å². The number of halogens is 4. The van der Waals surface area contributed by atoms with Crippen LogP contribution in [-0.2, 0) is 20.5 Å². The number of ketones is 2. The number of Topliss-reactive ketones (excluding diaryl/α,β-unsaturated/α-hetero) is 2. The molecule has 0 saturated carbocycles. The lowest BCUT2D eigenvalue weighted by molar-refractivity contribution is -0.137. The van der Waals surface area contributed by atoms with E-state index >= 15 is 0 Å². The number of hydrogen-bond donors (Lipinski definition) is 0. The van der Waals surface area contributed by atoms with Gasteiger partial charge in [0.25, 0.3) is 0 Å². The maximum Gasteiger partial charge on any atom is 0.417 e. The van der Waals surface area contributed by atoms with E-state index in [1.807, 2.05) is 0 Å². The highest BCUT2D eigenvalue weighted by molar-refractivity contribution is 6.31. The molecule has 1 aliphatic heterocycles. The molecule has 0 aromatic heterocycles. The predicted molar refractivity (Wildman–Crippen MR) is 77.8 cm³/mol. The van der Waals surface area contributed by atoms with Crippen LogP contribution in [0.2, 0.25) is 5.02 Å². The van der Waals surface area contributed by atoms with E-state index < -0.39 is 34.2 Å². The summed E-state index contributed by atoms with van der Waals surface area (Å²) in [6.45, 7) is 2.51. The number of alkyl halides is 3. The second-order valence-electron chi connectivity index (χ2n) is 5.06. The molecular formula is C16H12ClF3O3. The van der Waals surface area contributed by atoms with E-state index in [0.29, 0.717) is 0 Å². The third-order valence-corrected chi connectivity index (χ3v) is 3.78. The third kappa shape index (κ3) is 3.47. The van der Waals surface area contributed by atoms with E-state index in [1.165, 1.54) is 19.9 Å². The molecule has 0 spiro atoms. The Morgan fingerprint density at radius 2 is 1.61 bits per heavy atom. The molecule has 1 aromatic rings. The summed E-state index contributed by atoms with van der Waals surface area (Å²) in [6, 6.07) is 3.32. The fourth-order valence-electron chi connectivity index (χ4n) is 2.36. The van der Waals surface area contributed by atoms with Crippen LogP contribution in [0.3, 0.4) is 0 Å². The molecule has 0 radical (unpaired) electrons. The van der Waals surface area contributed by atoms with Gasteiger partial charge in [-0.2, -0.15) is 13.2 Å². The highest BCUT2D eigenvalue weighted by Gasteiger charge is 2.36. The summed E-state index contributed by atoms with van der Waals surface area (Å²) in [4.78, 5) is 23.5. The van der Waals surface area contributed by atoms with Crippen molar-refractivity contribution < 1.29 is 27.5 Å². The Kier molecular flexibility index (Phi) is 4.66. The number of rotatable bonds is 3. The first-order chi connectivity index (χ1) is 10.6. The van der Waals surface area contributed by atoms with E-state index in [1.54, 1.807) is 0 Å². The van der Waals surface area contributed by atoms with Crippen molar-refractivity contribution in [2.75, 3.05) is 0 Å². The van der Waals surface area contributed by atoms with Crippen molar-refractivity contribution in [1.82, 2.24) is 0 Å². The Hall–Kier alpha value is -2.08. The lowest BCUT2D eigenvalue weighted by atomic mass is 9.81. The molecule has 0 N–H and O–H groups in total. The van der Waals surface area contributed by atoms with Crippen molar-refractivity contribution in [3.05, 3.63) is 58.0 Å². The molecule has 0 fully saturated rings. The van der Waals surface area contributed by atoms with Gasteiger partial charge in [-0.15, -0.1) is 0 Å². The first-order valence-corrected chi connectivity index (χ1v) is 6.94. The van der Waals surface area contributed by atoms with Crippen LogP contribution < -0.4 is 0 Å². The zero-order chi connectivity index (χ0) is 17.4. The fraction of sp³-hybridized carbons (Fsp3) is 0.250. The lowest BCUT2D eigenvalue weighted by Gasteiger charge is -2.24. The maximum absolute atomic E-state index is 13.0. The third-order valence-electron chi connectivity index (χ3n) is 3.45. The number of ether oxygens (including phenoxy) is 1. The average Bonchev–Trinajstić information content (AvgIpc) is 2.45. The van der Waals surface area contributed by atoms with Gasteiger partial charge in [0.05, 0.1) is 23.1 Å². The second-order valence-corrected chi connectivity index (χ2v) is 5.47. The quantitative estimate of drug-likeness (QED) is 0.815. The maximum atomic E-state index is 13.0. The SMILES string of the molecule is CC(=O)C1=COC=C(C(C)=O)C1c1ccc(Cl)c(C(F)(F)F)c1. The first kappa shape index (κ1) is 17.3. The van der Waals surface area contributed by atoms with Gasteiger partial charge < -0.3 is 4.74 Å². The van der Waals surface area contributed by atoms with Gasteiger partial charge >= 0.3 is 6.18 Å². The van der Waals surface area contributed by atoms with Crippen LogP contribution in [0.15, 0.2) is 41.9 Å². The topological polar surface area (TPSA) is 43.4 Å². The molecule has 23 heavy (non-hydrogen) atoms. The van der Waals surface area contributed by atoms with Gasteiger partial charge in [0.15, 0.2) is 11.6 Å². The summed E-state index contributed by atoms with van der Waals surface area (Å²) < 4.78 is 44.1. The largest absolute Gasteiger partial charge is 0.472 e. The summed E-state index contributed by atoms with van der Waals surface area (Å²) >= 11 is 5.61. The van der Waals surface area contributed by atoms with Crippen molar-refractivity contribution in [3.8, 4) is 0 Å². The number of allylic oxidation sites excluding steroid dienone is 2. The molecule has 0 saturated heterocycles. The van der Waals surface area contributed by atoms with Gasteiger partial charge in [-0.25, -0.2) is 0 Å². The monoisotopic (exact) mass is 344 g/mol. The van der Waals surface area contributed by atoms with Crippen LogP contribution in [0.25, 0.3) is 0 Å². The van der Waals surface area contributed by atoms with Crippen LogP contribution in [0.4, 0.5) is 13.2 Å². The predicted octanol–water partition coefficient (Wildman–Crippen LogP) is 4.42. The molecule has 1 aliphatic rings. The van der Waals surface area contributed by atoms with Gasteiger partial charge in [-0.1, -0.05) is 17.7 Å². The zero-order valence-electron chi connectivity index (χ0n) is 12.2. The van der Waals surface area contributed by atoms with Crippen molar-refractivity contribution in [3.63, 3.8) is 0 Å². The summed E-state index contributed by atoms with van der Waals surface area (Å²) in [5.41, 5.74) is -0.664. The lowest BCUT2D eigenvalue weighted by Crippen LogP contribution is -2.20. The van der Waals surface area contributed by atoms with Gasteiger partial charge in [0.2, 0.25) is 0 Å². The molecule has 0 unspecified atom stereocenters. The Morgan fingerprint density at radius 3 is 2.04 bits per heavy atom. The highest BCUT2D eigenvalue weighted by Crippen LogP contribution is 2.41. The van der Waals surface area contributed by atoms with Crippen LogP contribution in [0.1, 0.15) is 30.9 Å². The molecule has 122 valence electrons. The van der Waals surface area contributed by atoms with E-state index in [-0.39, 0.29) is 16.7 Å². The van der Waals surface area contributed by atoms with E-state index in [4.69, 9.17) is 16.3 Å². The summed E-state index contributed by atoms with van der Waals surface area (Å²) in [7, 11) is 0. The standard InChI is InChI=1S/C16H12ClF3O3/c1-8(21)11-6-23-7-12(9(2)22)15(11)10-3-4-14(17)13(5-10)16(18,19)20/h3-7,15H,1-2H3. The number of hydrogen-bond acceptors (Lipinski definition) is 3. The summed E-state index contributed by atoms with van der Waals surface area (Å²) in [5.74, 6) is -1.71. The van der Waals surface area contributed by atoms with Gasteiger partial charge in [0, 0.05) is 17.1 Å². The number of carbonyl (C=O) groups excluding carboxylic acids is 2. The molecule has 2 rings (SSSR count). The number of carbonyl (C=O) groups is 2. The molecule has 7 heteroatoms. The molecule has 0 amide bonds. The van der Waals surface area contributed by atoms with Gasteiger partial charge in [-0.05, 0) is 31.5 Å².